The number of nitrogens with one attached hydrogen (secondary N) is 1. The Balaban J connectivity index is 2.23. The minimum atomic E-state index is -0.0467. The molecule has 1 aliphatic heterocycles. The van der Waals surface area contributed by atoms with E-state index < -0.39 is 0 Å². The van der Waals surface area contributed by atoms with Crippen LogP contribution >= 0.6 is 0 Å². The van der Waals surface area contributed by atoms with Crippen molar-refractivity contribution in [1.82, 2.24) is 10.2 Å². The summed E-state index contributed by atoms with van der Waals surface area (Å²) in [7, 11) is 0. The third kappa shape index (κ3) is 3.46. The molecule has 3 nitrogen and oxygen atoms in total. The van der Waals surface area contributed by atoms with E-state index >= 15 is 0 Å². The van der Waals surface area contributed by atoms with Gasteiger partial charge in [-0.15, -0.1) is 0 Å². The maximum absolute atomic E-state index is 12.7. The van der Waals surface area contributed by atoms with Crippen molar-refractivity contribution in [2.24, 2.45) is 5.92 Å². The van der Waals surface area contributed by atoms with E-state index in [1.54, 1.807) is 0 Å². The molecule has 0 bridgehead atoms. The highest BCUT2D eigenvalue weighted by molar-refractivity contribution is 5.84. The maximum atomic E-state index is 12.7. The van der Waals surface area contributed by atoms with Gasteiger partial charge in [0.05, 0.1) is 6.04 Å². The number of benzene rings is 1. The van der Waals surface area contributed by atoms with Gasteiger partial charge in [0, 0.05) is 6.04 Å². The minimum absolute atomic E-state index is 0.0164. The lowest BCUT2D eigenvalue weighted by atomic mass is 9.98. The lowest BCUT2D eigenvalue weighted by Gasteiger charge is -2.32. The summed E-state index contributed by atoms with van der Waals surface area (Å²) in [6.45, 7) is 8.73. The molecule has 1 amide bonds. The van der Waals surface area contributed by atoms with E-state index in [1.165, 1.54) is 5.56 Å². The number of amides is 1. The molecule has 116 valence electrons. The fourth-order valence-corrected chi connectivity index (χ4v) is 3.17. The molecule has 0 spiro atoms. The van der Waals surface area contributed by atoms with E-state index in [1.807, 2.05) is 18.2 Å². The summed E-state index contributed by atoms with van der Waals surface area (Å²) in [5, 5.41) is 3.51. The first-order chi connectivity index (χ1) is 10.1. The van der Waals surface area contributed by atoms with Crippen LogP contribution in [0.15, 0.2) is 30.3 Å². The van der Waals surface area contributed by atoms with Crippen molar-refractivity contribution < 1.29 is 4.79 Å². The largest absolute Gasteiger partial charge is 0.319 e. The zero-order valence-corrected chi connectivity index (χ0v) is 13.7. The predicted octanol–water partition coefficient (Wildman–Crippen LogP) is 3.72. The lowest BCUT2D eigenvalue weighted by Crippen LogP contribution is -2.39. The van der Waals surface area contributed by atoms with E-state index in [0.29, 0.717) is 5.92 Å². The molecule has 4 unspecified atom stereocenters. The number of nitrogens with zero attached hydrogens (tertiary/aromatic N) is 1. The summed E-state index contributed by atoms with van der Waals surface area (Å²) in [5.74, 6) is 0.895. The van der Waals surface area contributed by atoms with Crippen LogP contribution in [0.1, 0.15) is 58.7 Å². The Morgan fingerprint density at radius 3 is 2.43 bits per heavy atom. The Morgan fingerprint density at radius 1 is 1.19 bits per heavy atom. The SMILES string of the molecule is CCC(C)CC(C)N1C(=O)C(CC)NC1c1ccccc1. The summed E-state index contributed by atoms with van der Waals surface area (Å²) in [6, 6.07) is 10.5. The Bertz CT molecular complexity index is 460. The molecule has 1 fully saturated rings. The second-order valence-electron chi connectivity index (χ2n) is 6.28. The molecule has 0 aromatic heterocycles. The highest BCUT2D eigenvalue weighted by atomic mass is 16.2. The fourth-order valence-electron chi connectivity index (χ4n) is 3.17. The summed E-state index contributed by atoms with van der Waals surface area (Å²) in [6.07, 6.45) is 3.08. The Hall–Kier alpha value is -1.35. The van der Waals surface area contributed by atoms with Crippen LogP contribution in [0.4, 0.5) is 0 Å². The average molecular weight is 288 g/mol. The molecule has 1 heterocycles. The van der Waals surface area contributed by atoms with Crippen LogP contribution in [-0.4, -0.2) is 22.9 Å². The summed E-state index contributed by atoms with van der Waals surface area (Å²) in [5.41, 5.74) is 1.18. The van der Waals surface area contributed by atoms with Gasteiger partial charge in [-0.3, -0.25) is 10.1 Å². The van der Waals surface area contributed by atoms with E-state index in [9.17, 15) is 4.79 Å². The Morgan fingerprint density at radius 2 is 1.86 bits per heavy atom. The zero-order valence-electron chi connectivity index (χ0n) is 13.7. The summed E-state index contributed by atoms with van der Waals surface area (Å²) in [4.78, 5) is 14.8. The van der Waals surface area contributed by atoms with E-state index in [-0.39, 0.29) is 24.2 Å². The van der Waals surface area contributed by atoms with Gasteiger partial charge >= 0.3 is 0 Å². The topological polar surface area (TPSA) is 32.3 Å². The maximum Gasteiger partial charge on any atom is 0.241 e. The molecule has 0 aliphatic carbocycles. The Labute approximate surface area is 128 Å². The van der Waals surface area contributed by atoms with Crippen molar-refractivity contribution >= 4 is 5.91 Å². The van der Waals surface area contributed by atoms with Crippen LogP contribution in [0.25, 0.3) is 0 Å². The van der Waals surface area contributed by atoms with Crippen LogP contribution in [0.3, 0.4) is 0 Å². The van der Waals surface area contributed by atoms with Gasteiger partial charge in [-0.25, -0.2) is 0 Å². The second-order valence-corrected chi connectivity index (χ2v) is 6.28. The number of hydrogen-bond acceptors (Lipinski definition) is 2. The van der Waals surface area contributed by atoms with Crippen molar-refractivity contribution in [2.45, 2.75) is 65.2 Å². The summed E-state index contributed by atoms with van der Waals surface area (Å²) < 4.78 is 0. The number of carbonyl (C=O) groups excluding carboxylic acids is 1. The molecule has 0 saturated carbocycles. The van der Waals surface area contributed by atoms with Crippen LogP contribution in [0, 0.1) is 5.92 Å². The molecular formula is C18H28N2O. The van der Waals surface area contributed by atoms with Gasteiger partial charge in [-0.2, -0.15) is 0 Å². The average Bonchev–Trinajstić information content (AvgIpc) is 2.84. The highest BCUT2D eigenvalue weighted by Gasteiger charge is 2.40. The molecule has 2 rings (SSSR count). The van der Waals surface area contributed by atoms with Gasteiger partial charge < -0.3 is 4.90 Å². The zero-order chi connectivity index (χ0) is 15.4. The highest BCUT2D eigenvalue weighted by Crippen LogP contribution is 2.30. The van der Waals surface area contributed by atoms with E-state index in [4.69, 9.17) is 0 Å². The molecule has 1 N–H and O–H groups in total. The van der Waals surface area contributed by atoms with Crippen molar-refractivity contribution in [3.8, 4) is 0 Å². The molecule has 4 atom stereocenters. The quantitative estimate of drug-likeness (QED) is 0.865. The summed E-state index contributed by atoms with van der Waals surface area (Å²) >= 11 is 0. The third-order valence-corrected chi connectivity index (χ3v) is 4.63. The van der Waals surface area contributed by atoms with Crippen molar-refractivity contribution in [2.75, 3.05) is 0 Å². The first kappa shape index (κ1) is 16.0. The number of carbonyl (C=O) groups is 1. The normalized spacial score (nSPS) is 25.1. The molecule has 3 heteroatoms. The van der Waals surface area contributed by atoms with Gasteiger partial charge in [0.25, 0.3) is 0 Å². The van der Waals surface area contributed by atoms with Crippen molar-refractivity contribution in [3.05, 3.63) is 35.9 Å². The smallest absolute Gasteiger partial charge is 0.241 e. The van der Waals surface area contributed by atoms with Gasteiger partial charge in [0.15, 0.2) is 0 Å². The molecular weight excluding hydrogens is 260 g/mol. The third-order valence-electron chi connectivity index (χ3n) is 4.63. The predicted molar refractivity (Wildman–Crippen MR) is 86.8 cm³/mol. The first-order valence-corrected chi connectivity index (χ1v) is 8.21. The minimum Gasteiger partial charge on any atom is -0.319 e. The van der Waals surface area contributed by atoms with Gasteiger partial charge in [-0.1, -0.05) is 57.5 Å². The van der Waals surface area contributed by atoms with Crippen LogP contribution in [0.5, 0.6) is 0 Å². The number of rotatable bonds is 6. The van der Waals surface area contributed by atoms with Crippen LogP contribution in [-0.2, 0) is 4.79 Å². The molecule has 0 radical (unpaired) electrons. The van der Waals surface area contributed by atoms with Gasteiger partial charge in [-0.05, 0) is 31.2 Å². The van der Waals surface area contributed by atoms with Gasteiger partial charge in [0.1, 0.15) is 6.17 Å². The molecule has 1 aromatic carbocycles. The fraction of sp³-hybridized carbons (Fsp3) is 0.611. The molecule has 1 aliphatic rings. The van der Waals surface area contributed by atoms with Crippen LogP contribution in [0.2, 0.25) is 0 Å². The standard InChI is InChI=1S/C18H28N2O/c1-5-13(3)12-14(4)20-17(15-10-8-7-9-11-15)19-16(6-2)18(20)21/h7-11,13-14,16-17,19H,5-6,12H2,1-4H3. The van der Waals surface area contributed by atoms with E-state index in [2.05, 4.69) is 50.0 Å². The molecule has 21 heavy (non-hydrogen) atoms. The molecule has 1 aromatic rings. The van der Waals surface area contributed by atoms with Gasteiger partial charge in [0.2, 0.25) is 5.91 Å². The monoisotopic (exact) mass is 288 g/mol. The lowest BCUT2D eigenvalue weighted by molar-refractivity contribution is -0.132. The molecule has 1 saturated heterocycles. The number of hydrogen-bond donors (Lipinski definition) is 1. The van der Waals surface area contributed by atoms with Crippen molar-refractivity contribution in [3.63, 3.8) is 0 Å². The second kappa shape index (κ2) is 7.08. The first-order valence-electron chi connectivity index (χ1n) is 8.21. The Kier molecular flexibility index (Phi) is 5.40. The van der Waals surface area contributed by atoms with E-state index in [0.717, 1.165) is 19.3 Å². The van der Waals surface area contributed by atoms with Crippen molar-refractivity contribution in [1.29, 1.82) is 0 Å². The van der Waals surface area contributed by atoms with Crippen LogP contribution < -0.4 is 5.32 Å².